The van der Waals surface area contributed by atoms with Gasteiger partial charge < -0.3 is 9.47 Å². The molecular formula is C13H12O3S. The number of methoxy groups -OCH3 is 1. The van der Waals surface area contributed by atoms with Gasteiger partial charge in [0.25, 0.3) is 0 Å². The molecule has 0 spiro atoms. The smallest absolute Gasteiger partial charge is 0.337 e. The van der Waals surface area contributed by atoms with Crippen LogP contribution in [0, 0.1) is 0 Å². The summed E-state index contributed by atoms with van der Waals surface area (Å²) < 4.78 is 10.2. The lowest BCUT2D eigenvalue weighted by Crippen LogP contribution is -2.00. The molecule has 2 aromatic rings. The second-order valence-electron chi connectivity index (χ2n) is 3.38. The molecule has 0 fully saturated rings. The number of rotatable bonds is 4. The van der Waals surface area contributed by atoms with Gasteiger partial charge in [0, 0.05) is 4.88 Å². The van der Waals surface area contributed by atoms with Gasteiger partial charge in [0.05, 0.1) is 12.7 Å². The Balaban J connectivity index is 1.96. The van der Waals surface area contributed by atoms with Crippen molar-refractivity contribution in [3.8, 4) is 5.75 Å². The molecule has 0 amide bonds. The number of hydrogen-bond acceptors (Lipinski definition) is 4. The van der Waals surface area contributed by atoms with E-state index in [2.05, 4.69) is 4.74 Å². The maximum atomic E-state index is 11.2. The summed E-state index contributed by atoms with van der Waals surface area (Å²) in [5.41, 5.74) is 0.524. The zero-order chi connectivity index (χ0) is 12.1. The van der Waals surface area contributed by atoms with Crippen molar-refractivity contribution in [1.82, 2.24) is 0 Å². The molecule has 0 N–H and O–H groups in total. The van der Waals surface area contributed by atoms with Gasteiger partial charge in [0.2, 0.25) is 0 Å². The molecule has 17 heavy (non-hydrogen) atoms. The van der Waals surface area contributed by atoms with E-state index in [1.165, 1.54) is 12.0 Å². The Morgan fingerprint density at radius 1 is 1.24 bits per heavy atom. The fourth-order valence-electron chi connectivity index (χ4n) is 1.35. The van der Waals surface area contributed by atoms with Gasteiger partial charge in [0.15, 0.2) is 0 Å². The molecule has 0 bridgehead atoms. The summed E-state index contributed by atoms with van der Waals surface area (Å²) in [6.07, 6.45) is 0. The van der Waals surface area contributed by atoms with E-state index in [0.717, 1.165) is 5.75 Å². The molecule has 0 saturated heterocycles. The Morgan fingerprint density at radius 3 is 2.59 bits per heavy atom. The molecule has 0 unspecified atom stereocenters. The second-order valence-corrected chi connectivity index (χ2v) is 4.42. The molecular weight excluding hydrogens is 236 g/mol. The minimum atomic E-state index is -0.338. The lowest BCUT2D eigenvalue weighted by molar-refractivity contribution is 0.0600. The van der Waals surface area contributed by atoms with Crippen LogP contribution in [0.3, 0.4) is 0 Å². The van der Waals surface area contributed by atoms with Crippen molar-refractivity contribution in [2.45, 2.75) is 6.61 Å². The average Bonchev–Trinajstić information content (AvgIpc) is 2.89. The molecule has 1 aromatic carbocycles. The number of benzene rings is 1. The highest BCUT2D eigenvalue weighted by Crippen LogP contribution is 2.16. The minimum absolute atomic E-state index is 0.338. The summed E-state index contributed by atoms with van der Waals surface area (Å²) in [5, 5.41) is 2.01. The van der Waals surface area contributed by atoms with Crippen LogP contribution in [-0.2, 0) is 11.3 Å². The highest BCUT2D eigenvalue weighted by molar-refractivity contribution is 7.09. The Kier molecular flexibility index (Phi) is 3.77. The first-order valence-corrected chi connectivity index (χ1v) is 6.01. The topological polar surface area (TPSA) is 35.5 Å². The van der Waals surface area contributed by atoms with Gasteiger partial charge in [-0.25, -0.2) is 4.79 Å². The number of carbonyl (C=O) groups is 1. The zero-order valence-electron chi connectivity index (χ0n) is 9.38. The van der Waals surface area contributed by atoms with Crippen molar-refractivity contribution < 1.29 is 14.3 Å². The van der Waals surface area contributed by atoms with Crippen molar-refractivity contribution in [2.24, 2.45) is 0 Å². The summed E-state index contributed by atoms with van der Waals surface area (Å²) in [4.78, 5) is 12.4. The van der Waals surface area contributed by atoms with E-state index in [1.54, 1.807) is 35.6 Å². The highest BCUT2D eigenvalue weighted by Gasteiger charge is 2.04. The van der Waals surface area contributed by atoms with Crippen LogP contribution in [0.1, 0.15) is 15.2 Å². The van der Waals surface area contributed by atoms with Crippen molar-refractivity contribution in [1.29, 1.82) is 0 Å². The van der Waals surface area contributed by atoms with Gasteiger partial charge in [-0.15, -0.1) is 11.3 Å². The SMILES string of the molecule is COC(=O)c1ccc(OCc2cccs2)cc1. The fourth-order valence-corrected chi connectivity index (χ4v) is 1.97. The molecule has 0 aliphatic rings. The third-order valence-corrected chi connectivity index (χ3v) is 3.09. The van der Waals surface area contributed by atoms with Crippen molar-refractivity contribution >= 4 is 17.3 Å². The summed E-state index contributed by atoms with van der Waals surface area (Å²) in [7, 11) is 1.36. The normalized spacial score (nSPS) is 9.94. The van der Waals surface area contributed by atoms with Gasteiger partial charge in [-0.05, 0) is 35.7 Å². The molecule has 2 rings (SSSR count). The lowest BCUT2D eigenvalue weighted by atomic mass is 10.2. The van der Waals surface area contributed by atoms with E-state index in [4.69, 9.17) is 4.74 Å². The Labute approximate surface area is 104 Å². The fraction of sp³-hybridized carbons (Fsp3) is 0.154. The Bertz CT molecular complexity index is 474. The molecule has 88 valence electrons. The van der Waals surface area contributed by atoms with Crippen LogP contribution in [0.4, 0.5) is 0 Å². The van der Waals surface area contributed by atoms with Crippen LogP contribution in [0.25, 0.3) is 0 Å². The van der Waals surface area contributed by atoms with Crippen LogP contribution in [0.15, 0.2) is 41.8 Å². The minimum Gasteiger partial charge on any atom is -0.488 e. The third kappa shape index (κ3) is 3.07. The van der Waals surface area contributed by atoms with Crippen molar-refractivity contribution in [2.75, 3.05) is 7.11 Å². The Morgan fingerprint density at radius 2 is 2.00 bits per heavy atom. The summed E-state index contributed by atoms with van der Waals surface area (Å²) in [6.45, 7) is 0.551. The largest absolute Gasteiger partial charge is 0.488 e. The molecule has 0 radical (unpaired) electrons. The first-order valence-electron chi connectivity index (χ1n) is 5.13. The predicted octanol–water partition coefficient (Wildman–Crippen LogP) is 3.11. The first kappa shape index (κ1) is 11.7. The van der Waals surface area contributed by atoms with Crippen molar-refractivity contribution in [3.05, 3.63) is 52.2 Å². The molecule has 3 nitrogen and oxygen atoms in total. The van der Waals surface area contributed by atoms with Gasteiger partial charge in [-0.3, -0.25) is 0 Å². The molecule has 0 saturated carbocycles. The third-order valence-electron chi connectivity index (χ3n) is 2.24. The van der Waals surface area contributed by atoms with Crippen LogP contribution < -0.4 is 4.74 Å². The zero-order valence-corrected chi connectivity index (χ0v) is 10.2. The quantitative estimate of drug-likeness (QED) is 0.780. The van der Waals surface area contributed by atoms with Gasteiger partial charge in [-0.2, -0.15) is 0 Å². The predicted molar refractivity (Wildman–Crippen MR) is 66.4 cm³/mol. The number of carbonyl (C=O) groups excluding carboxylic acids is 1. The van der Waals surface area contributed by atoms with Gasteiger partial charge in [-0.1, -0.05) is 6.07 Å². The van der Waals surface area contributed by atoms with Crippen LogP contribution in [-0.4, -0.2) is 13.1 Å². The van der Waals surface area contributed by atoms with E-state index in [9.17, 15) is 4.79 Å². The summed E-state index contributed by atoms with van der Waals surface area (Å²) >= 11 is 1.65. The van der Waals surface area contributed by atoms with Gasteiger partial charge >= 0.3 is 5.97 Å². The molecule has 1 aromatic heterocycles. The average molecular weight is 248 g/mol. The van der Waals surface area contributed by atoms with Gasteiger partial charge in [0.1, 0.15) is 12.4 Å². The van der Waals surface area contributed by atoms with E-state index in [1.807, 2.05) is 17.5 Å². The van der Waals surface area contributed by atoms with E-state index in [-0.39, 0.29) is 5.97 Å². The van der Waals surface area contributed by atoms with E-state index >= 15 is 0 Å². The van der Waals surface area contributed by atoms with Crippen LogP contribution in [0.5, 0.6) is 5.75 Å². The molecule has 0 aliphatic carbocycles. The molecule has 1 heterocycles. The maximum Gasteiger partial charge on any atom is 0.337 e. The molecule has 4 heteroatoms. The van der Waals surface area contributed by atoms with Crippen LogP contribution >= 0.6 is 11.3 Å². The standard InChI is InChI=1S/C13H12O3S/c1-15-13(14)10-4-6-11(7-5-10)16-9-12-3-2-8-17-12/h2-8H,9H2,1H3. The maximum absolute atomic E-state index is 11.2. The number of hydrogen-bond donors (Lipinski definition) is 0. The Hall–Kier alpha value is -1.81. The number of ether oxygens (including phenoxy) is 2. The summed E-state index contributed by atoms with van der Waals surface area (Å²) in [5.74, 6) is 0.404. The lowest BCUT2D eigenvalue weighted by Gasteiger charge is -2.05. The second kappa shape index (κ2) is 5.50. The van der Waals surface area contributed by atoms with Crippen LogP contribution in [0.2, 0.25) is 0 Å². The monoisotopic (exact) mass is 248 g/mol. The molecule has 0 atom stereocenters. The van der Waals surface area contributed by atoms with E-state index in [0.29, 0.717) is 12.2 Å². The first-order chi connectivity index (χ1) is 8.29. The van der Waals surface area contributed by atoms with E-state index < -0.39 is 0 Å². The number of thiophene rings is 1. The summed E-state index contributed by atoms with van der Waals surface area (Å²) in [6, 6.07) is 10.9. The number of esters is 1. The highest BCUT2D eigenvalue weighted by atomic mass is 32.1. The van der Waals surface area contributed by atoms with Crippen molar-refractivity contribution in [3.63, 3.8) is 0 Å². The molecule has 0 aliphatic heterocycles.